The summed E-state index contributed by atoms with van der Waals surface area (Å²) in [7, 11) is 2.75. The molecule has 516 valence electrons. The van der Waals surface area contributed by atoms with E-state index in [1.807, 2.05) is 135 Å². The van der Waals surface area contributed by atoms with Gasteiger partial charge in [0, 0.05) is 26.9 Å². The summed E-state index contributed by atoms with van der Waals surface area (Å²) in [5.41, 5.74) is 23.6. The van der Waals surface area contributed by atoms with Crippen LogP contribution in [-0.4, -0.2) is 76.9 Å². The standard InChI is InChI=1S/C29H38N2O4.C28H36N2O4.C22H28BrNO3/c1-17-11-13-20(14-12-17)21-18(2)24-23(30-27(33)29(31-24)15-9-8-10-16-29)19(3)22(21)25(26(32)34-7)35-28(4,5)6;1-16-10-12-19(13-11-16)20-17(2)23-22(29-26(33)28(30-23)14-8-7-9-15-28)18(3)21(20)24(25(31)32)34-27(4,5)6;1-12-8-10-15(11-9-12)16-13(2)18(23)19(24)14(3)17(16)20(21(25)26-7)27-22(4,5)6/h11-14,25,31H,8-10,15-16H2,1-7H3,(H,30,33);10-13,24,30H,7-9,14-15H2,1-6H3,(H,29,33)(H,31,32);8-11,20H,24H2,1-7H3/t25-;24-;20-/m000/s1. The minimum atomic E-state index is -1.18. The van der Waals surface area contributed by atoms with Crippen LogP contribution in [0.5, 0.6) is 0 Å². The summed E-state index contributed by atoms with van der Waals surface area (Å²) < 4.78 is 29.7. The number of amides is 2. The van der Waals surface area contributed by atoms with Gasteiger partial charge in [0.25, 0.3) is 0 Å². The van der Waals surface area contributed by atoms with Crippen LogP contribution in [0.15, 0.2) is 77.3 Å². The summed E-state index contributed by atoms with van der Waals surface area (Å²) in [4.78, 5) is 65.0. The number of nitrogen functional groups attached to an aromatic ring is 1. The molecule has 0 unspecified atom stereocenters. The van der Waals surface area contributed by atoms with Gasteiger partial charge in [0.1, 0.15) is 11.1 Å². The first-order valence-electron chi connectivity index (χ1n) is 33.6. The number of esters is 2. The van der Waals surface area contributed by atoms with Gasteiger partial charge < -0.3 is 55.8 Å². The molecule has 0 bridgehead atoms. The first-order valence-corrected chi connectivity index (χ1v) is 34.4. The molecular formula is C79H102BrN5O11. The smallest absolute Gasteiger partial charge is 0.339 e. The fourth-order valence-electron chi connectivity index (χ4n) is 14.0. The molecule has 0 radical (unpaired) electrons. The Morgan fingerprint density at radius 2 is 0.740 bits per heavy atom. The third-order valence-corrected chi connectivity index (χ3v) is 19.9. The fraction of sp³-hybridized carbons (Fsp3) is 0.481. The van der Waals surface area contributed by atoms with Gasteiger partial charge in [-0.15, -0.1) is 0 Å². The van der Waals surface area contributed by atoms with E-state index in [-0.39, 0.29) is 11.8 Å². The molecule has 2 heterocycles. The normalized spacial score (nSPS) is 16.5. The van der Waals surface area contributed by atoms with Gasteiger partial charge in [-0.3, -0.25) is 9.59 Å². The number of aryl methyl sites for hydroxylation is 3. The van der Waals surface area contributed by atoms with Crippen molar-refractivity contribution < 1.29 is 52.8 Å². The molecule has 2 saturated carbocycles. The second kappa shape index (κ2) is 29.2. The number of carboxylic acids is 1. The fourth-order valence-corrected chi connectivity index (χ4v) is 14.5. The summed E-state index contributed by atoms with van der Waals surface area (Å²) >= 11 is 3.61. The quantitative estimate of drug-likeness (QED) is 0.0495. The first kappa shape index (κ1) is 74.2. The molecule has 3 atom stereocenters. The number of nitrogens with two attached hydrogens (primary N) is 1. The maximum atomic E-state index is 13.4. The predicted octanol–water partition coefficient (Wildman–Crippen LogP) is 18.3. The molecule has 2 aliphatic heterocycles. The topological polar surface area (TPSA) is 226 Å². The molecule has 96 heavy (non-hydrogen) atoms. The van der Waals surface area contributed by atoms with Crippen LogP contribution in [0.3, 0.4) is 0 Å². The van der Waals surface area contributed by atoms with Crippen molar-refractivity contribution in [2.75, 3.05) is 41.2 Å². The number of fused-ring (bicyclic) bond motifs is 2. The number of methoxy groups -OCH3 is 2. The second-order valence-corrected chi connectivity index (χ2v) is 30.4. The Morgan fingerprint density at radius 1 is 0.448 bits per heavy atom. The Bertz CT molecular complexity index is 3920. The lowest BCUT2D eigenvalue weighted by atomic mass is 9.77. The second-order valence-electron chi connectivity index (χ2n) is 29.6. The molecule has 2 spiro atoms. The van der Waals surface area contributed by atoms with E-state index in [0.29, 0.717) is 16.9 Å². The third-order valence-electron chi connectivity index (χ3n) is 18.9. The number of carbonyl (C=O) groups excluding carboxylic acids is 4. The van der Waals surface area contributed by atoms with Gasteiger partial charge in [0.05, 0.1) is 53.8 Å². The predicted molar refractivity (Wildman–Crippen MR) is 389 cm³/mol. The number of carboxylic acid groups (broad SMARTS) is 1. The highest BCUT2D eigenvalue weighted by Gasteiger charge is 2.48. The van der Waals surface area contributed by atoms with Crippen LogP contribution in [-0.2, 0) is 47.7 Å². The van der Waals surface area contributed by atoms with Crippen molar-refractivity contribution >= 4 is 74.1 Å². The van der Waals surface area contributed by atoms with E-state index in [9.17, 15) is 29.1 Å². The number of ether oxygens (including phenoxy) is 5. The van der Waals surface area contributed by atoms with Crippen LogP contribution in [0.4, 0.5) is 28.4 Å². The van der Waals surface area contributed by atoms with Crippen LogP contribution in [0.2, 0.25) is 0 Å². The van der Waals surface area contributed by atoms with Crippen LogP contribution in [0, 0.1) is 62.3 Å². The Balaban J connectivity index is 0.000000186. The zero-order valence-electron chi connectivity index (χ0n) is 60.2. The number of rotatable bonds is 12. The van der Waals surface area contributed by atoms with Crippen molar-refractivity contribution in [3.8, 4) is 33.4 Å². The number of benzene rings is 6. The highest BCUT2D eigenvalue weighted by molar-refractivity contribution is 9.10. The lowest BCUT2D eigenvalue weighted by molar-refractivity contribution is -0.164. The molecular weight excluding hydrogens is 1270 g/mol. The Labute approximate surface area is 577 Å². The monoisotopic (exact) mass is 1380 g/mol. The lowest BCUT2D eigenvalue weighted by Crippen LogP contribution is -2.54. The number of halogens is 1. The Hall–Kier alpha value is -7.57. The molecule has 17 heteroatoms. The third kappa shape index (κ3) is 15.9. The summed E-state index contributed by atoms with van der Waals surface area (Å²) in [6.45, 7) is 35.0. The summed E-state index contributed by atoms with van der Waals surface area (Å²) in [5, 5.41) is 24.0. The molecule has 0 saturated heterocycles. The molecule has 2 amide bonds. The first-order chi connectivity index (χ1) is 44.9. The Morgan fingerprint density at radius 3 is 1.04 bits per heavy atom. The number of anilines is 5. The maximum Gasteiger partial charge on any atom is 0.339 e. The zero-order valence-corrected chi connectivity index (χ0v) is 61.8. The number of aliphatic carboxylic acids is 1. The lowest BCUT2D eigenvalue weighted by Gasteiger charge is -2.43. The molecule has 7 N–H and O–H groups in total. The van der Waals surface area contributed by atoms with E-state index in [4.69, 9.17) is 29.4 Å². The Kier molecular flexibility index (Phi) is 22.6. The largest absolute Gasteiger partial charge is 0.479 e. The van der Waals surface area contributed by atoms with Gasteiger partial charge in [-0.05, 0) is 233 Å². The zero-order chi connectivity index (χ0) is 70.9. The molecule has 16 nitrogen and oxygen atoms in total. The summed E-state index contributed by atoms with van der Waals surface area (Å²) in [6.07, 6.45) is 6.60. The highest BCUT2D eigenvalue weighted by atomic mass is 79.9. The van der Waals surface area contributed by atoms with Gasteiger partial charge >= 0.3 is 17.9 Å². The molecule has 6 aromatic carbocycles. The molecule has 6 aromatic rings. The molecule has 0 aromatic heterocycles. The van der Waals surface area contributed by atoms with Crippen LogP contribution in [0.25, 0.3) is 33.4 Å². The van der Waals surface area contributed by atoms with Gasteiger partial charge in [-0.2, -0.15) is 0 Å². The van der Waals surface area contributed by atoms with E-state index in [0.717, 1.165) is 175 Å². The average molecular weight is 1380 g/mol. The van der Waals surface area contributed by atoms with E-state index >= 15 is 0 Å². The van der Waals surface area contributed by atoms with Crippen LogP contribution >= 0.6 is 15.9 Å². The minimum absolute atomic E-state index is 0.00703. The van der Waals surface area contributed by atoms with Crippen molar-refractivity contribution in [3.63, 3.8) is 0 Å². The maximum absolute atomic E-state index is 13.4. The van der Waals surface area contributed by atoms with Crippen LogP contribution in [0.1, 0.15) is 212 Å². The van der Waals surface area contributed by atoms with Crippen molar-refractivity contribution in [1.29, 1.82) is 0 Å². The molecule has 2 aliphatic carbocycles. The van der Waals surface area contributed by atoms with Crippen molar-refractivity contribution in [1.82, 2.24) is 0 Å². The van der Waals surface area contributed by atoms with Crippen molar-refractivity contribution in [3.05, 3.63) is 144 Å². The molecule has 10 rings (SSSR count). The number of nitrogens with one attached hydrogen (secondary N) is 4. The molecule has 2 fully saturated rings. The van der Waals surface area contributed by atoms with Gasteiger partial charge in [-0.1, -0.05) is 128 Å². The van der Waals surface area contributed by atoms with Gasteiger partial charge in [-0.25, -0.2) is 14.4 Å². The SMILES string of the molecule is COC(=O)[C@@H](OC(C)(C)C)c1c(C)c(N)c(Br)c(C)c1-c1ccc(C)cc1.COC(=O)[C@@H](OC(C)(C)C)c1c(C)c2c(c(C)c1-c1ccc(C)cc1)NC1(CCCCC1)C(=O)N2.Cc1ccc(-c2c(C)c3c(c(C)c2[C@H](OC(C)(C)C)C(=O)O)NC(=O)C2(CCCCC2)N3)cc1. The summed E-state index contributed by atoms with van der Waals surface area (Å²) in [5.74, 6) is -1.98. The van der Waals surface area contributed by atoms with Crippen molar-refractivity contribution in [2.24, 2.45) is 0 Å². The van der Waals surface area contributed by atoms with E-state index in [1.54, 1.807) is 0 Å². The van der Waals surface area contributed by atoms with Crippen LogP contribution < -0.4 is 27.0 Å². The summed E-state index contributed by atoms with van der Waals surface area (Å²) in [6, 6.07) is 24.6. The highest BCUT2D eigenvalue weighted by Crippen LogP contribution is 2.52. The molecule has 4 aliphatic rings. The van der Waals surface area contributed by atoms with Crippen molar-refractivity contribution in [2.45, 2.75) is 235 Å². The average Bonchev–Trinajstić information content (AvgIpc) is 0.738. The number of hydrogen-bond acceptors (Lipinski definition) is 13. The van der Waals surface area contributed by atoms with Gasteiger partial charge in [0.2, 0.25) is 11.8 Å². The van der Waals surface area contributed by atoms with E-state index in [2.05, 4.69) is 99.6 Å². The minimum Gasteiger partial charge on any atom is -0.479 e. The van der Waals surface area contributed by atoms with Gasteiger partial charge in [0.15, 0.2) is 18.3 Å². The number of carbonyl (C=O) groups is 5. The van der Waals surface area contributed by atoms with E-state index in [1.165, 1.54) is 19.8 Å². The van der Waals surface area contributed by atoms with E-state index < -0.39 is 64.1 Å². The number of hydrogen-bond donors (Lipinski definition) is 6.